The Bertz CT molecular complexity index is 310. The maximum Gasteiger partial charge on any atom is 0.231 e. The number of rotatable bonds is 4. The number of aliphatic hydroxyl groups is 1. The van der Waals surface area contributed by atoms with Gasteiger partial charge in [-0.2, -0.15) is 0 Å². The van der Waals surface area contributed by atoms with E-state index < -0.39 is 5.41 Å². The summed E-state index contributed by atoms with van der Waals surface area (Å²) in [5.74, 6) is 0.564. The average Bonchev–Trinajstić information content (AvgIpc) is 2.80. The van der Waals surface area contributed by atoms with Crippen LogP contribution in [-0.2, 0) is 9.53 Å². The summed E-state index contributed by atoms with van der Waals surface area (Å²) in [6.45, 7) is 5.15. The number of ether oxygens (including phenoxy) is 1. The number of hydrogen-bond donors (Lipinski definition) is 2. The fraction of sp³-hybridized carbons (Fsp3) is 0.929. The molecule has 2 unspecified atom stereocenters. The Kier molecular flexibility index (Phi) is 4.81. The second kappa shape index (κ2) is 6.20. The lowest BCUT2D eigenvalue weighted by Gasteiger charge is -2.40. The van der Waals surface area contributed by atoms with Crippen molar-refractivity contribution in [3.8, 4) is 0 Å². The topological polar surface area (TPSA) is 61.8 Å². The van der Waals surface area contributed by atoms with Gasteiger partial charge in [-0.25, -0.2) is 0 Å². The maximum atomic E-state index is 12.9. The van der Waals surface area contributed by atoms with Crippen molar-refractivity contribution in [2.24, 2.45) is 11.3 Å². The van der Waals surface area contributed by atoms with Crippen molar-refractivity contribution in [3.05, 3.63) is 0 Å². The summed E-state index contributed by atoms with van der Waals surface area (Å²) >= 11 is 0. The summed E-state index contributed by atoms with van der Waals surface area (Å²) in [7, 11) is 1.66. The molecule has 2 aliphatic heterocycles. The first kappa shape index (κ1) is 14.8. The molecule has 0 radical (unpaired) electrons. The number of carbonyl (C=O) groups excluding carboxylic acids is 1. The molecular weight excluding hydrogens is 244 g/mol. The van der Waals surface area contributed by atoms with Crippen molar-refractivity contribution < 1.29 is 14.6 Å². The molecule has 2 saturated heterocycles. The van der Waals surface area contributed by atoms with Crippen LogP contribution in [0.3, 0.4) is 0 Å². The van der Waals surface area contributed by atoms with Gasteiger partial charge in [0.1, 0.15) is 0 Å². The highest BCUT2D eigenvalue weighted by atomic mass is 16.5. The van der Waals surface area contributed by atoms with Crippen LogP contribution in [0, 0.1) is 11.3 Å². The predicted octanol–water partition coefficient (Wildman–Crippen LogP) is 0.232. The first-order valence-electron chi connectivity index (χ1n) is 7.26. The number of piperidine rings is 1. The lowest BCUT2D eigenvalue weighted by atomic mass is 9.78. The van der Waals surface area contributed by atoms with Gasteiger partial charge < -0.3 is 20.1 Å². The van der Waals surface area contributed by atoms with Gasteiger partial charge in [-0.3, -0.25) is 4.79 Å². The molecule has 2 heterocycles. The summed E-state index contributed by atoms with van der Waals surface area (Å²) in [6.07, 6.45) is 2.63. The molecule has 110 valence electrons. The van der Waals surface area contributed by atoms with E-state index in [-0.39, 0.29) is 18.6 Å². The van der Waals surface area contributed by atoms with Crippen LogP contribution in [0.2, 0.25) is 0 Å². The molecule has 0 bridgehead atoms. The van der Waals surface area contributed by atoms with Gasteiger partial charge in [-0.15, -0.1) is 0 Å². The van der Waals surface area contributed by atoms with E-state index in [1.165, 1.54) is 0 Å². The van der Waals surface area contributed by atoms with E-state index >= 15 is 0 Å². The van der Waals surface area contributed by atoms with Gasteiger partial charge in [-0.05, 0) is 38.3 Å². The molecule has 1 amide bonds. The van der Waals surface area contributed by atoms with Crippen LogP contribution >= 0.6 is 0 Å². The number of likely N-dealkylation sites (tertiary alicyclic amines) is 1. The lowest BCUT2D eigenvalue weighted by Crippen LogP contribution is -2.53. The van der Waals surface area contributed by atoms with Gasteiger partial charge in [0.25, 0.3) is 0 Å². The molecule has 0 spiro atoms. The highest BCUT2D eigenvalue weighted by Gasteiger charge is 2.46. The predicted molar refractivity (Wildman–Crippen MR) is 72.8 cm³/mol. The molecule has 2 rings (SSSR count). The fourth-order valence-electron chi connectivity index (χ4n) is 3.44. The zero-order valence-electron chi connectivity index (χ0n) is 12.0. The zero-order chi connectivity index (χ0) is 13.9. The Hall–Kier alpha value is -0.650. The summed E-state index contributed by atoms with van der Waals surface area (Å²) in [5, 5.41) is 12.8. The van der Waals surface area contributed by atoms with Crippen LogP contribution in [0.25, 0.3) is 0 Å². The zero-order valence-corrected chi connectivity index (χ0v) is 12.0. The second-order valence-corrected chi connectivity index (χ2v) is 5.98. The Labute approximate surface area is 115 Å². The first-order valence-corrected chi connectivity index (χ1v) is 7.26. The summed E-state index contributed by atoms with van der Waals surface area (Å²) in [4.78, 5) is 14.8. The standard InChI is InChI=1S/C14H26N2O3/c1-11-3-8-16(12(11)9-17)13(18)14(10-19-2)4-6-15-7-5-14/h11-12,15,17H,3-10H2,1-2H3. The minimum Gasteiger partial charge on any atom is -0.394 e. The van der Waals surface area contributed by atoms with Crippen LogP contribution in [0.15, 0.2) is 0 Å². The highest BCUT2D eigenvalue weighted by molar-refractivity contribution is 5.83. The third kappa shape index (κ3) is 2.78. The molecule has 0 saturated carbocycles. The van der Waals surface area contributed by atoms with Gasteiger partial charge in [0, 0.05) is 13.7 Å². The van der Waals surface area contributed by atoms with Crippen LogP contribution < -0.4 is 5.32 Å². The molecule has 0 aromatic carbocycles. The molecule has 5 heteroatoms. The van der Waals surface area contributed by atoms with Crippen molar-refractivity contribution >= 4 is 5.91 Å². The fourth-order valence-corrected chi connectivity index (χ4v) is 3.44. The second-order valence-electron chi connectivity index (χ2n) is 5.98. The van der Waals surface area contributed by atoms with Crippen LogP contribution in [0.4, 0.5) is 0 Å². The van der Waals surface area contributed by atoms with E-state index in [1.807, 2.05) is 4.90 Å². The smallest absolute Gasteiger partial charge is 0.231 e. The molecular formula is C14H26N2O3. The molecule has 2 fully saturated rings. The quantitative estimate of drug-likeness (QED) is 0.768. The SMILES string of the molecule is COCC1(C(=O)N2CCC(C)C2CO)CCNCC1. The Morgan fingerprint density at radius 3 is 2.74 bits per heavy atom. The number of carbonyl (C=O) groups is 1. The molecule has 0 aliphatic carbocycles. The summed E-state index contributed by atoms with van der Waals surface area (Å²) < 4.78 is 5.32. The van der Waals surface area contributed by atoms with E-state index in [2.05, 4.69) is 12.2 Å². The third-order valence-corrected chi connectivity index (χ3v) is 4.77. The minimum absolute atomic E-state index is 0.0175. The molecule has 0 aromatic heterocycles. The van der Waals surface area contributed by atoms with Crippen LogP contribution in [-0.4, -0.2) is 61.9 Å². The van der Waals surface area contributed by atoms with Gasteiger partial charge >= 0.3 is 0 Å². The van der Waals surface area contributed by atoms with E-state index in [1.54, 1.807) is 7.11 Å². The largest absolute Gasteiger partial charge is 0.394 e. The first-order chi connectivity index (χ1) is 9.14. The highest BCUT2D eigenvalue weighted by Crippen LogP contribution is 2.35. The van der Waals surface area contributed by atoms with Crippen molar-refractivity contribution in [1.82, 2.24) is 10.2 Å². The Morgan fingerprint density at radius 2 is 2.16 bits per heavy atom. The van der Waals surface area contributed by atoms with Crippen molar-refractivity contribution in [3.63, 3.8) is 0 Å². The number of hydrogen-bond acceptors (Lipinski definition) is 4. The van der Waals surface area contributed by atoms with E-state index in [0.717, 1.165) is 38.9 Å². The Morgan fingerprint density at radius 1 is 1.47 bits per heavy atom. The normalized spacial score (nSPS) is 30.6. The van der Waals surface area contributed by atoms with Gasteiger partial charge in [0.15, 0.2) is 0 Å². The molecule has 0 aromatic rings. The maximum absolute atomic E-state index is 12.9. The van der Waals surface area contributed by atoms with Gasteiger partial charge in [0.05, 0.1) is 24.7 Å². The van der Waals surface area contributed by atoms with Crippen molar-refractivity contribution in [2.45, 2.75) is 32.2 Å². The monoisotopic (exact) mass is 270 g/mol. The third-order valence-electron chi connectivity index (χ3n) is 4.77. The summed E-state index contributed by atoms with van der Waals surface area (Å²) in [6, 6.07) is -0.0175. The number of nitrogens with zero attached hydrogens (tertiary/aromatic N) is 1. The number of nitrogens with one attached hydrogen (secondary N) is 1. The van der Waals surface area contributed by atoms with Crippen LogP contribution in [0.1, 0.15) is 26.2 Å². The number of amides is 1. The molecule has 2 atom stereocenters. The molecule has 19 heavy (non-hydrogen) atoms. The lowest BCUT2D eigenvalue weighted by molar-refractivity contribution is -0.149. The van der Waals surface area contributed by atoms with Crippen LogP contribution in [0.5, 0.6) is 0 Å². The van der Waals surface area contributed by atoms with Crippen molar-refractivity contribution in [2.75, 3.05) is 40.0 Å². The average molecular weight is 270 g/mol. The minimum atomic E-state index is -0.391. The van der Waals surface area contributed by atoms with E-state index in [0.29, 0.717) is 12.5 Å². The Balaban J connectivity index is 2.15. The van der Waals surface area contributed by atoms with Crippen molar-refractivity contribution in [1.29, 1.82) is 0 Å². The van der Waals surface area contributed by atoms with Gasteiger partial charge in [-0.1, -0.05) is 6.92 Å². The van der Waals surface area contributed by atoms with E-state index in [4.69, 9.17) is 4.74 Å². The van der Waals surface area contributed by atoms with Gasteiger partial charge in [0.2, 0.25) is 5.91 Å². The number of methoxy groups -OCH3 is 1. The molecule has 5 nitrogen and oxygen atoms in total. The summed E-state index contributed by atoms with van der Waals surface area (Å²) in [5.41, 5.74) is -0.391. The van der Waals surface area contributed by atoms with E-state index in [9.17, 15) is 9.90 Å². The molecule has 2 aliphatic rings. The number of aliphatic hydroxyl groups excluding tert-OH is 1. The molecule has 2 N–H and O–H groups in total.